The van der Waals surface area contributed by atoms with Gasteiger partial charge < -0.3 is 10.3 Å². The number of nitrogens with two attached hydrogens (primary N) is 1. The van der Waals surface area contributed by atoms with Crippen molar-refractivity contribution in [1.29, 1.82) is 0 Å². The van der Waals surface area contributed by atoms with Crippen LogP contribution in [0.4, 0.5) is 0 Å². The van der Waals surface area contributed by atoms with Crippen molar-refractivity contribution in [1.82, 2.24) is 14.8 Å². The van der Waals surface area contributed by atoms with Crippen LogP contribution in [0.5, 0.6) is 0 Å². The van der Waals surface area contributed by atoms with Crippen molar-refractivity contribution >= 4 is 11.8 Å². The normalized spacial score (nSPS) is 11.2. The summed E-state index contributed by atoms with van der Waals surface area (Å²) in [6.45, 7) is 4.71. The van der Waals surface area contributed by atoms with Crippen LogP contribution >= 0.6 is 11.8 Å². The largest absolute Gasteiger partial charge is 0.324 e. The summed E-state index contributed by atoms with van der Waals surface area (Å²) in [5, 5.41) is 9.39. The molecule has 0 amide bonds. The lowest BCUT2D eigenvalue weighted by Gasteiger charge is -2.12. The van der Waals surface area contributed by atoms with Gasteiger partial charge in [0.15, 0.2) is 5.16 Å². The van der Waals surface area contributed by atoms with Crippen LogP contribution in [0.3, 0.4) is 0 Å². The lowest BCUT2D eigenvalue weighted by molar-refractivity contribution is 0.526. The average molecular weight is 290 g/mol. The summed E-state index contributed by atoms with van der Waals surface area (Å²) in [5.74, 6) is 1.91. The lowest BCUT2D eigenvalue weighted by atomic mass is 10.1. The monoisotopic (exact) mass is 290 g/mol. The van der Waals surface area contributed by atoms with Crippen LogP contribution < -0.4 is 5.73 Å². The first-order valence-electron chi connectivity index (χ1n) is 7.03. The molecule has 1 aromatic heterocycles. The molecule has 0 fully saturated rings. The molecule has 4 nitrogen and oxygen atoms in total. The van der Waals surface area contributed by atoms with E-state index >= 15 is 0 Å². The van der Waals surface area contributed by atoms with Crippen LogP contribution in [0, 0.1) is 0 Å². The van der Waals surface area contributed by atoms with E-state index in [1.807, 2.05) is 0 Å². The van der Waals surface area contributed by atoms with Crippen molar-refractivity contribution in [2.24, 2.45) is 5.73 Å². The number of nitrogens with zero attached hydrogens (tertiary/aromatic N) is 3. The summed E-state index contributed by atoms with van der Waals surface area (Å²) in [6.07, 6.45) is 2.24. The maximum atomic E-state index is 5.70. The SMILES string of the molecule is CC(C)n1c(CN)nnc1SCCCc1ccccc1. The highest BCUT2D eigenvalue weighted by Gasteiger charge is 2.13. The number of rotatable bonds is 7. The van der Waals surface area contributed by atoms with Gasteiger partial charge in [0.2, 0.25) is 0 Å². The Morgan fingerprint density at radius 2 is 1.95 bits per heavy atom. The molecule has 2 aromatic rings. The van der Waals surface area contributed by atoms with Crippen LogP contribution in [0.2, 0.25) is 0 Å². The highest BCUT2D eigenvalue weighted by atomic mass is 32.2. The van der Waals surface area contributed by atoms with E-state index in [1.165, 1.54) is 5.56 Å². The van der Waals surface area contributed by atoms with Crippen molar-refractivity contribution in [3.05, 3.63) is 41.7 Å². The highest BCUT2D eigenvalue weighted by Crippen LogP contribution is 2.22. The summed E-state index contributed by atoms with van der Waals surface area (Å²) in [7, 11) is 0. The Hall–Kier alpha value is -1.33. The van der Waals surface area contributed by atoms with Crippen LogP contribution in [0.15, 0.2) is 35.5 Å². The molecule has 0 spiro atoms. The molecule has 0 saturated carbocycles. The Kier molecular flexibility index (Phi) is 5.61. The second-order valence-corrected chi connectivity index (χ2v) is 6.07. The molecule has 0 aliphatic carbocycles. The second-order valence-electron chi connectivity index (χ2n) is 5.00. The van der Waals surface area contributed by atoms with E-state index in [4.69, 9.17) is 5.73 Å². The first-order valence-corrected chi connectivity index (χ1v) is 8.01. The molecule has 2 N–H and O–H groups in total. The van der Waals surface area contributed by atoms with E-state index in [0.717, 1.165) is 29.6 Å². The molecule has 0 saturated heterocycles. The van der Waals surface area contributed by atoms with Crippen LogP contribution in [-0.4, -0.2) is 20.5 Å². The van der Waals surface area contributed by atoms with E-state index in [9.17, 15) is 0 Å². The molecular formula is C15H22N4S. The molecule has 0 radical (unpaired) electrons. The molecule has 0 aliphatic heterocycles. The zero-order valence-electron chi connectivity index (χ0n) is 12.1. The van der Waals surface area contributed by atoms with Crippen molar-refractivity contribution in [3.63, 3.8) is 0 Å². The smallest absolute Gasteiger partial charge is 0.191 e. The van der Waals surface area contributed by atoms with Gasteiger partial charge in [0, 0.05) is 11.8 Å². The summed E-state index contributed by atoms with van der Waals surface area (Å²) in [6, 6.07) is 10.9. The minimum absolute atomic E-state index is 0.347. The number of benzene rings is 1. The van der Waals surface area contributed by atoms with E-state index in [2.05, 4.69) is 58.9 Å². The standard InChI is InChI=1S/C15H22N4S/c1-12(2)19-14(11-16)17-18-15(19)20-10-6-9-13-7-4-3-5-8-13/h3-5,7-8,12H,6,9-11,16H2,1-2H3. The minimum Gasteiger partial charge on any atom is -0.324 e. The summed E-state index contributed by atoms with van der Waals surface area (Å²) in [5.41, 5.74) is 7.09. The van der Waals surface area contributed by atoms with Crippen molar-refractivity contribution in [2.45, 2.75) is 44.4 Å². The minimum atomic E-state index is 0.347. The van der Waals surface area contributed by atoms with E-state index in [-0.39, 0.29) is 0 Å². The van der Waals surface area contributed by atoms with Crippen LogP contribution in [-0.2, 0) is 13.0 Å². The van der Waals surface area contributed by atoms with Crippen molar-refractivity contribution < 1.29 is 0 Å². The van der Waals surface area contributed by atoms with Gasteiger partial charge >= 0.3 is 0 Å². The van der Waals surface area contributed by atoms with Crippen molar-refractivity contribution in [3.8, 4) is 0 Å². The summed E-state index contributed by atoms with van der Waals surface area (Å²) < 4.78 is 2.13. The Labute approximate surface area is 124 Å². The molecule has 108 valence electrons. The molecule has 1 heterocycles. The fourth-order valence-corrected chi connectivity index (χ4v) is 3.17. The Balaban J connectivity index is 1.87. The van der Waals surface area contributed by atoms with E-state index in [1.54, 1.807) is 11.8 Å². The number of hydrogen-bond acceptors (Lipinski definition) is 4. The predicted molar refractivity (Wildman–Crippen MR) is 83.8 cm³/mol. The van der Waals surface area contributed by atoms with Gasteiger partial charge in [0.1, 0.15) is 5.82 Å². The molecule has 0 atom stereocenters. The number of hydrogen-bond donors (Lipinski definition) is 1. The van der Waals surface area contributed by atoms with Gasteiger partial charge in [-0.15, -0.1) is 10.2 Å². The van der Waals surface area contributed by atoms with Gasteiger partial charge in [-0.25, -0.2) is 0 Å². The fraction of sp³-hybridized carbons (Fsp3) is 0.467. The van der Waals surface area contributed by atoms with Gasteiger partial charge in [0.05, 0.1) is 6.54 Å². The maximum absolute atomic E-state index is 5.70. The topological polar surface area (TPSA) is 56.7 Å². The maximum Gasteiger partial charge on any atom is 0.191 e. The van der Waals surface area contributed by atoms with Crippen LogP contribution in [0.1, 0.15) is 37.7 Å². The molecule has 20 heavy (non-hydrogen) atoms. The number of aryl methyl sites for hydroxylation is 1. The average Bonchev–Trinajstić information content (AvgIpc) is 2.88. The summed E-state index contributed by atoms with van der Waals surface area (Å²) in [4.78, 5) is 0. The third-order valence-corrected chi connectivity index (χ3v) is 4.15. The fourth-order valence-electron chi connectivity index (χ4n) is 2.15. The number of thioether (sulfide) groups is 1. The Bertz CT molecular complexity index is 522. The molecule has 2 rings (SSSR count). The lowest BCUT2D eigenvalue weighted by Crippen LogP contribution is -2.11. The molecule has 5 heteroatoms. The molecule has 0 unspecified atom stereocenters. The van der Waals surface area contributed by atoms with Gasteiger partial charge in [-0.1, -0.05) is 42.1 Å². The highest BCUT2D eigenvalue weighted by molar-refractivity contribution is 7.99. The van der Waals surface area contributed by atoms with Gasteiger partial charge in [-0.2, -0.15) is 0 Å². The Morgan fingerprint density at radius 3 is 2.60 bits per heavy atom. The first-order chi connectivity index (χ1) is 9.72. The van der Waals surface area contributed by atoms with Crippen molar-refractivity contribution in [2.75, 3.05) is 5.75 Å². The van der Waals surface area contributed by atoms with E-state index < -0.39 is 0 Å². The number of aromatic nitrogens is 3. The van der Waals surface area contributed by atoms with Gasteiger partial charge in [-0.3, -0.25) is 0 Å². The molecule has 1 aromatic carbocycles. The predicted octanol–water partition coefficient (Wildman–Crippen LogP) is 3.04. The van der Waals surface area contributed by atoms with Gasteiger partial charge in [-0.05, 0) is 32.3 Å². The van der Waals surface area contributed by atoms with Crippen LogP contribution in [0.25, 0.3) is 0 Å². The molecular weight excluding hydrogens is 268 g/mol. The quantitative estimate of drug-likeness (QED) is 0.629. The second kappa shape index (κ2) is 7.45. The Morgan fingerprint density at radius 1 is 1.20 bits per heavy atom. The summed E-state index contributed by atoms with van der Waals surface area (Å²) >= 11 is 1.76. The third kappa shape index (κ3) is 3.84. The molecule has 0 aliphatic rings. The molecule has 0 bridgehead atoms. The zero-order valence-corrected chi connectivity index (χ0v) is 12.9. The van der Waals surface area contributed by atoms with Gasteiger partial charge in [0.25, 0.3) is 0 Å². The first kappa shape index (κ1) is 15.1. The van der Waals surface area contributed by atoms with E-state index in [0.29, 0.717) is 12.6 Å². The third-order valence-electron chi connectivity index (χ3n) is 3.12. The zero-order chi connectivity index (χ0) is 14.4.